The van der Waals surface area contributed by atoms with E-state index in [1.807, 2.05) is 13.8 Å². The molecule has 15 heavy (non-hydrogen) atoms. The van der Waals surface area contributed by atoms with Crippen LogP contribution in [0.25, 0.3) is 0 Å². The smallest absolute Gasteiger partial charge is 0.190 e. The summed E-state index contributed by atoms with van der Waals surface area (Å²) in [5, 5.41) is 3.04. The van der Waals surface area contributed by atoms with E-state index < -0.39 is 5.54 Å². The van der Waals surface area contributed by atoms with Gasteiger partial charge in [0.15, 0.2) is 5.96 Å². The summed E-state index contributed by atoms with van der Waals surface area (Å²) < 4.78 is 0. The van der Waals surface area contributed by atoms with E-state index in [1.165, 1.54) is 19.3 Å². The van der Waals surface area contributed by atoms with Crippen LogP contribution < -0.4 is 11.1 Å². The molecule has 0 unspecified atom stereocenters. The number of hydrogen-bond acceptors (Lipinski definition) is 1. The van der Waals surface area contributed by atoms with Crippen LogP contribution in [0.1, 0.15) is 46.0 Å². The summed E-state index contributed by atoms with van der Waals surface area (Å²) in [5.74, 6) is 3.11. The van der Waals surface area contributed by atoms with Gasteiger partial charge in [-0.15, -0.1) is 6.42 Å². The average Bonchev–Trinajstić information content (AvgIpc) is 2.18. The standard InChI is InChI=1S/C12H21N3/c1-4-12(2,3)15-11(13)14-10-8-6-5-7-9-10/h1,10H,5-9H2,2-3H3,(H3,13,14,15). The molecule has 84 valence electrons. The Labute approximate surface area is 92.5 Å². The quantitative estimate of drug-likeness (QED) is 0.411. The summed E-state index contributed by atoms with van der Waals surface area (Å²) in [5.41, 5.74) is 5.40. The number of hydrogen-bond donors (Lipinski definition) is 2. The first-order valence-corrected chi connectivity index (χ1v) is 5.63. The van der Waals surface area contributed by atoms with Gasteiger partial charge in [0.05, 0.1) is 11.6 Å². The Kier molecular flexibility index (Phi) is 4.02. The molecule has 3 heteroatoms. The lowest BCUT2D eigenvalue weighted by Crippen LogP contribution is -2.46. The van der Waals surface area contributed by atoms with Crippen LogP contribution in [0.4, 0.5) is 0 Å². The highest BCUT2D eigenvalue weighted by molar-refractivity contribution is 5.79. The molecule has 0 saturated heterocycles. The summed E-state index contributed by atoms with van der Waals surface area (Å²) in [6.45, 7) is 3.83. The fourth-order valence-electron chi connectivity index (χ4n) is 1.80. The van der Waals surface area contributed by atoms with Crippen molar-refractivity contribution in [2.24, 2.45) is 10.7 Å². The molecule has 0 atom stereocenters. The van der Waals surface area contributed by atoms with Gasteiger partial charge in [-0.05, 0) is 26.7 Å². The van der Waals surface area contributed by atoms with E-state index in [9.17, 15) is 0 Å². The lowest BCUT2D eigenvalue weighted by molar-refractivity contribution is 0.440. The average molecular weight is 207 g/mol. The first kappa shape index (κ1) is 11.9. The maximum absolute atomic E-state index is 5.81. The van der Waals surface area contributed by atoms with Crippen LogP contribution in [-0.2, 0) is 0 Å². The molecule has 1 fully saturated rings. The van der Waals surface area contributed by atoms with Gasteiger partial charge in [0, 0.05) is 0 Å². The number of aliphatic imine (C=N–C) groups is 1. The minimum Gasteiger partial charge on any atom is -0.370 e. The van der Waals surface area contributed by atoms with Gasteiger partial charge in [-0.2, -0.15) is 0 Å². The SMILES string of the molecule is C#CC(C)(C)NC(N)=NC1CCCCC1. The highest BCUT2D eigenvalue weighted by Crippen LogP contribution is 2.20. The van der Waals surface area contributed by atoms with Crippen LogP contribution >= 0.6 is 0 Å². The Morgan fingerprint density at radius 1 is 1.40 bits per heavy atom. The van der Waals surface area contributed by atoms with Crippen LogP contribution in [-0.4, -0.2) is 17.5 Å². The Balaban J connectivity index is 2.48. The van der Waals surface area contributed by atoms with Crippen LogP contribution in [0.15, 0.2) is 4.99 Å². The van der Waals surface area contributed by atoms with Crippen molar-refractivity contribution < 1.29 is 0 Å². The van der Waals surface area contributed by atoms with Gasteiger partial charge in [0.25, 0.3) is 0 Å². The van der Waals surface area contributed by atoms with E-state index in [2.05, 4.69) is 16.2 Å². The number of guanidine groups is 1. The molecule has 0 spiro atoms. The highest BCUT2D eigenvalue weighted by Gasteiger charge is 2.16. The highest BCUT2D eigenvalue weighted by atomic mass is 15.1. The predicted octanol–water partition coefficient (Wildman–Crippen LogP) is 1.64. The van der Waals surface area contributed by atoms with E-state index in [0.717, 1.165) is 12.8 Å². The van der Waals surface area contributed by atoms with Gasteiger partial charge in [-0.25, -0.2) is 0 Å². The molecular formula is C12H21N3. The van der Waals surface area contributed by atoms with Crippen molar-refractivity contribution in [3.8, 4) is 12.3 Å². The fraction of sp³-hybridized carbons (Fsp3) is 0.750. The van der Waals surface area contributed by atoms with Crippen molar-refractivity contribution in [1.82, 2.24) is 5.32 Å². The number of terminal acetylenes is 1. The van der Waals surface area contributed by atoms with Gasteiger partial charge in [0.1, 0.15) is 0 Å². The summed E-state index contributed by atoms with van der Waals surface area (Å²) in [6.07, 6.45) is 11.5. The van der Waals surface area contributed by atoms with Crippen molar-refractivity contribution in [2.45, 2.75) is 57.5 Å². The minimum atomic E-state index is -0.414. The molecule has 1 aliphatic rings. The lowest BCUT2D eigenvalue weighted by atomic mass is 9.96. The third-order valence-corrected chi connectivity index (χ3v) is 2.70. The predicted molar refractivity (Wildman–Crippen MR) is 64.5 cm³/mol. The topological polar surface area (TPSA) is 50.4 Å². The molecule has 0 amide bonds. The van der Waals surface area contributed by atoms with Crippen molar-refractivity contribution in [2.75, 3.05) is 0 Å². The van der Waals surface area contributed by atoms with Crippen molar-refractivity contribution in [3.63, 3.8) is 0 Å². The maximum Gasteiger partial charge on any atom is 0.190 e. The molecule has 0 heterocycles. The summed E-state index contributed by atoms with van der Waals surface area (Å²) in [4.78, 5) is 4.46. The molecule has 3 nitrogen and oxygen atoms in total. The molecule has 0 bridgehead atoms. The normalized spacial score (nSPS) is 19.7. The zero-order valence-electron chi connectivity index (χ0n) is 9.71. The molecule has 0 aromatic carbocycles. The van der Waals surface area contributed by atoms with Crippen LogP contribution in [0, 0.1) is 12.3 Å². The fourth-order valence-corrected chi connectivity index (χ4v) is 1.80. The molecular weight excluding hydrogens is 186 g/mol. The van der Waals surface area contributed by atoms with Gasteiger partial charge >= 0.3 is 0 Å². The Hall–Kier alpha value is -1.17. The number of nitrogens with two attached hydrogens (primary N) is 1. The lowest BCUT2D eigenvalue weighted by Gasteiger charge is -2.23. The summed E-state index contributed by atoms with van der Waals surface area (Å²) >= 11 is 0. The van der Waals surface area contributed by atoms with Gasteiger partial charge < -0.3 is 11.1 Å². The molecule has 1 rings (SSSR count). The van der Waals surface area contributed by atoms with E-state index >= 15 is 0 Å². The molecule has 0 aromatic heterocycles. The molecule has 0 aliphatic heterocycles. The summed E-state index contributed by atoms with van der Waals surface area (Å²) in [7, 11) is 0. The molecule has 1 aliphatic carbocycles. The number of rotatable bonds is 2. The monoisotopic (exact) mass is 207 g/mol. The third kappa shape index (κ3) is 4.24. The van der Waals surface area contributed by atoms with Crippen LogP contribution in [0.3, 0.4) is 0 Å². The van der Waals surface area contributed by atoms with E-state index in [-0.39, 0.29) is 0 Å². The van der Waals surface area contributed by atoms with E-state index in [4.69, 9.17) is 12.2 Å². The van der Waals surface area contributed by atoms with E-state index in [1.54, 1.807) is 0 Å². The van der Waals surface area contributed by atoms with Gasteiger partial charge in [0.2, 0.25) is 0 Å². The zero-order valence-corrected chi connectivity index (χ0v) is 9.71. The number of nitrogens with one attached hydrogen (secondary N) is 1. The first-order valence-electron chi connectivity index (χ1n) is 5.63. The second-order valence-corrected chi connectivity index (χ2v) is 4.70. The zero-order chi connectivity index (χ0) is 11.3. The van der Waals surface area contributed by atoms with Crippen molar-refractivity contribution in [3.05, 3.63) is 0 Å². The number of nitrogens with zero attached hydrogens (tertiary/aromatic N) is 1. The van der Waals surface area contributed by atoms with Crippen molar-refractivity contribution >= 4 is 5.96 Å². The molecule has 3 N–H and O–H groups in total. The molecule has 0 radical (unpaired) electrons. The molecule has 1 saturated carbocycles. The van der Waals surface area contributed by atoms with Crippen LogP contribution in [0.5, 0.6) is 0 Å². The third-order valence-electron chi connectivity index (χ3n) is 2.70. The summed E-state index contributed by atoms with van der Waals surface area (Å²) in [6, 6.07) is 0.389. The van der Waals surface area contributed by atoms with Crippen molar-refractivity contribution in [1.29, 1.82) is 0 Å². The maximum atomic E-state index is 5.81. The Morgan fingerprint density at radius 2 is 2.00 bits per heavy atom. The van der Waals surface area contributed by atoms with E-state index in [0.29, 0.717) is 12.0 Å². The molecule has 0 aromatic rings. The second-order valence-electron chi connectivity index (χ2n) is 4.70. The Morgan fingerprint density at radius 3 is 2.53 bits per heavy atom. The Bertz CT molecular complexity index is 267. The van der Waals surface area contributed by atoms with Crippen LogP contribution in [0.2, 0.25) is 0 Å². The second kappa shape index (κ2) is 5.06. The van der Waals surface area contributed by atoms with Gasteiger partial charge in [-0.3, -0.25) is 4.99 Å². The minimum absolute atomic E-state index is 0.389. The first-order chi connectivity index (χ1) is 7.03. The largest absolute Gasteiger partial charge is 0.370 e. The van der Waals surface area contributed by atoms with Gasteiger partial charge in [-0.1, -0.05) is 25.2 Å².